The molecule has 6 nitrogen and oxygen atoms in total. The number of β-amino-alcohol motifs (C(OH)–C–C–N with tert-alkyl or cyclic N) is 1. The van der Waals surface area contributed by atoms with Crippen LogP contribution in [-0.2, 0) is 16.0 Å². The van der Waals surface area contributed by atoms with Gasteiger partial charge in [-0.25, -0.2) is 0 Å². The van der Waals surface area contributed by atoms with Gasteiger partial charge in [-0.1, -0.05) is 12.1 Å². The summed E-state index contributed by atoms with van der Waals surface area (Å²) >= 11 is 0. The van der Waals surface area contributed by atoms with E-state index in [9.17, 15) is 14.7 Å². The topological polar surface area (TPSA) is 70.1 Å². The van der Waals surface area contributed by atoms with E-state index in [0.29, 0.717) is 25.9 Å². The van der Waals surface area contributed by atoms with Crippen LogP contribution in [0, 0.1) is 5.41 Å². The van der Waals surface area contributed by atoms with E-state index in [0.717, 1.165) is 50.1 Å². The van der Waals surface area contributed by atoms with Gasteiger partial charge in [-0.05, 0) is 43.4 Å². The highest BCUT2D eigenvalue weighted by Gasteiger charge is 2.42. The number of rotatable bonds is 6. The molecule has 2 saturated heterocycles. The molecule has 1 atom stereocenters. The van der Waals surface area contributed by atoms with Crippen molar-refractivity contribution in [2.24, 2.45) is 5.41 Å². The van der Waals surface area contributed by atoms with Crippen molar-refractivity contribution in [1.82, 2.24) is 9.80 Å². The first-order chi connectivity index (χ1) is 13.0. The second-order valence-electron chi connectivity index (χ2n) is 7.81. The first kappa shape index (κ1) is 19.7. The van der Waals surface area contributed by atoms with Crippen molar-refractivity contribution in [2.75, 3.05) is 39.9 Å². The molecule has 6 heteroatoms. The molecule has 0 radical (unpaired) electrons. The van der Waals surface area contributed by atoms with Crippen LogP contribution in [0.2, 0.25) is 0 Å². The molecule has 0 bridgehead atoms. The molecule has 2 heterocycles. The minimum absolute atomic E-state index is 0.00287. The largest absolute Gasteiger partial charge is 0.497 e. The number of amides is 2. The van der Waals surface area contributed by atoms with E-state index in [4.69, 9.17) is 4.74 Å². The fraction of sp³-hybridized carbons (Fsp3) is 0.619. The Morgan fingerprint density at radius 2 is 2.00 bits per heavy atom. The SMILES string of the molecule is COc1ccc(CCC(=O)N2CCC[C@@]3(CCC(=O)N(CCO)C3)C2)cc1. The molecule has 27 heavy (non-hydrogen) atoms. The minimum atomic E-state index is -0.00761. The van der Waals surface area contributed by atoms with Gasteiger partial charge in [-0.3, -0.25) is 9.59 Å². The van der Waals surface area contributed by atoms with E-state index in [1.54, 1.807) is 12.0 Å². The number of ether oxygens (including phenoxy) is 1. The standard InChI is InChI=1S/C21H30N2O4/c1-27-18-6-3-17(4-7-18)5-8-19(25)22-12-2-10-21(15-22)11-9-20(26)23(16-21)13-14-24/h3-4,6-7,24H,2,5,8-16H2,1H3/t21-/m1/s1. The summed E-state index contributed by atoms with van der Waals surface area (Å²) in [5.41, 5.74) is 1.13. The third-order valence-electron chi connectivity index (χ3n) is 5.92. The molecule has 1 aromatic rings. The number of likely N-dealkylation sites (tertiary alicyclic amines) is 2. The first-order valence-electron chi connectivity index (χ1n) is 9.85. The van der Waals surface area contributed by atoms with Crippen LogP contribution in [-0.4, -0.2) is 66.6 Å². The van der Waals surface area contributed by atoms with Gasteiger partial charge in [0.15, 0.2) is 0 Å². The molecule has 0 unspecified atom stereocenters. The number of carbonyl (C=O) groups is 2. The van der Waals surface area contributed by atoms with Crippen LogP contribution in [0.4, 0.5) is 0 Å². The summed E-state index contributed by atoms with van der Waals surface area (Å²) in [7, 11) is 1.64. The number of aliphatic hydroxyl groups excluding tert-OH is 1. The summed E-state index contributed by atoms with van der Waals surface area (Å²) in [4.78, 5) is 28.6. The van der Waals surface area contributed by atoms with Gasteiger partial charge in [0.05, 0.1) is 13.7 Å². The fourth-order valence-electron chi connectivity index (χ4n) is 4.38. The molecule has 1 N–H and O–H groups in total. The van der Waals surface area contributed by atoms with E-state index in [1.807, 2.05) is 29.2 Å². The van der Waals surface area contributed by atoms with E-state index in [2.05, 4.69) is 0 Å². The summed E-state index contributed by atoms with van der Waals surface area (Å²) in [6, 6.07) is 7.85. The molecule has 1 spiro atoms. The van der Waals surface area contributed by atoms with Crippen LogP contribution in [0.25, 0.3) is 0 Å². The molecule has 3 rings (SSSR count). The predicted molar refractivity (Wildman–Crippen MR) is 102 cm³/mol. The van der Waals surface area contributed by atoms with Gasteiger partial charge in [-0.15, -0.1) is 0 Å². The lowest BCUT2D eigenvalue weighted by Gasteiger charge is -2.48. The number of carbonyl (C=O) groups excluding carboxylic acids is 2. The Morgan fingerprint density at radius 1 is 1.22 bits per heavy atom. The third-order valence-corrected chi connectivity index (χ3v) is 5.92. The molecule has 0 saturated carbocycles. The Labute approximate surface area is 161 Å². The zero-order valence-corrected chi connectivity index (χ0v) is 16.2. The maximum Gasteiger partial charge on any atom is 0.222 e. The maximum absolute atomic E-state index is 12.8. The molecule has 0 aliphatic carbocycles. The number of piperidine rings is 2. The molecule has 2 aliphatic heterocycles. The van der Waals surface area contributed by atoms with Crippen LogP contribution in [0.5, 0.6) is 5.75 Å². The van der Waals surface area contributed by atoms with Gasteiger partial charge in [0, 0.05) is 44.4 Å². The van der Waals surface area contributed by atoms with Gasteiger partial charge in [0.1, 0.15) is 5.75 Å². The smallest absolute Gasteiger partial charge is 0.222 e. The summed E-state index contributed by atoms with van der Waals surface area (Å²) in [6.45, 7) is 2.58. The van der Waals surface area contributed by atoms with Crippen LogP contribution >= 0.6 is 0 Å². The van der Waals surface area contributed by atoms with Crippen molar-refractivity contribution in [3.63, 3.8) is 0 Å². The third kappa shape index (κ3) is 4.80. The van der Waals surface area contributed by atoms with E-state index in [1.165, 1.54) is 0 Å². The van der Waals surface area contributed by atoms with Gasteiger partial charge >= 0.3 is 0 Å². The second kappa shape index (κ2) is 8.74. The van der Waals surface area contributed by atoms with Gasteiger partial charge in [0.25, 0.3) is 0 Å². The molecule has 2 amide bonds. The number of nitrogens with zero attached hydrogens (tertiary/aromatic N) is 2. The Balaban J connectivity index is 1.56. The summed E-state index contributed by atoms with van der Waals surface area (Å²) in [5, 5.41) is 9.21. The molecule has 1 aromatic carbocycles. The highest BCUT2D eigenvalue weighted by molar-refractivity contribution is 5.78. The molecule has 2 aliphatic rings. The monoisotopic (exact) mass is 374 g/mol. The highest BCUT2D eigenvalue weighted by Crippen LogP contribution is 2.39. The first-order valence-corrected chi connectivity index (χ1v) is 9.85. The van der Waals surface area contributed by atoms with Crippen molar-refractivity contribution >= 4 is 11.8 Å². The Morgan fingerprint density at radius 3 is 2.70 bits per heavy atom. The summed E-state index contributed by atoms with van der Waals surface area (Å²) in [5.74, 6) is 1.13. The quantitative estimate of drug-likeness (QED) is 0.825. The number of hydrogen-bond acceptors (Lipinski definition) is 4. The lowest BCUT2D eigenvalue weighted by atomic mass is 9.73. The van der Waals surface area contributed by atoms with E-state index in [-0.39, 0.29) is 23.8 Å². The normalized spacial score (nSPS) is 23.0. The van der Waals surface area contributed by atoms with Crippen molar-refractivity contribution in [1.29, 1.82) is 0 Å². The number of aryl methyl sites for hydroxylation is 1. The number of hydrogen-bond donors (Lipinski definition) is 1. The Hall–Kier alpha value is -2.08. The number of aliphatic hydroxyl groups is 1. The zero-order valence-electron chi connectivity index (χ0n) is 16.2. The van der Waals surface area contributed by atoms with Gasteiger partial charge in [-0.2, -0.15) is 0 Å². The van der Waals surface area contributed by atoms with Crippen molar-refractivity contribution < 1.29 is 19.4 Å². The summed E-state index contributed by atoms with van der Waals surface area (Å²) in [6.07, 6.45) is 4.62. The second-order valence-corrected chi connectivity index (χ2v) is 7.81. The molecular formula is C21H30N2O4. The average molecular weight is 374 g/mol. The van der Waals surface area contributed by atoms with Crippen LogP contribution in [0.15, 0.2) is 24.3 Å². The Bertz CT molecular complexity index is 661. The fourth-order valence-corrected chi connectivity index (χ4v) is 4.38. The zero-order chi connectivity index (χ0) is 19.3. The molecule has 0 aromatic heterocycles. The molecule has 2 fully saturated rings. The van der Waals surface area contributed by atoms with Gasteiger partial charge < -0.3 is 19.6 Å². The molecule has 148 valence electrons. The highest BCUT2D eigenvalue weighted by atomic mass is 16.5. The van der Waals surface area contributed by atoms with Crippen LogP contribution < -0.4 is 4.74 Å². The van der Waals surface area contributed by atoms with Crippen molar-refractivity contribution in [3.05, 3.63) is 29.8 Å². The maximum atomic E-state index is 12.8. The van der Waals surface area contributed by atoms with Crippen LogP contribution in [0.1, 0.15) is 37.7 Å². The molecular weight excluding hydrogens is 344 g/mol. The number of methoxy groups -OCH3 is 1. The number of benzene rings is 1. The van der Waals surface area contributed by atoms with Crippen molar-refractivity contribution in [2.45, 2.75) is 38.5 Å². The van der Waals surface area contributed by atoms with Gasteiger partial charge in [0.2, 0.25) is 11.8 Å². The van der Waals surface area contributed by atoms with Crippen LogP contribution in [0.3, 0.4) is 0 Å². The Kier molecular flexibility index (Phi) is 6.37. The average Bonchev–Trinajstić information content (AvgIpc) is 2.70. The van der Waals surface area contributed by atoms with Crippen molar-refractivity contribution in [3.8, 4) is 5.75 Å². The summed E-state index contributed by atoms with van der Waals surface area (Å²) < 4.78 is 5.17. The lowest BCUT2D eigenvalue weighted by Crippen LogP contribution is -2.55. The minimum Gasteiger partial charge on any atom is -0.497 e. The predicted octanol–water partition coefficient (Wildman–Crippen LogP) is 1.85. The van der Waals surface area contributed by atoms with E-state index < -0.39 is 0 Å². The lowest BCUT2D eigenvalue weighted by molar-refractivity contribution is -0.143. The van der Waals surface area contributed by atoms with E-state index >= 15 is 0 Å².